The minimum atomic E-state index is -4.67. The number of rotatable bonds is 3. The van der Waals surface area contributed by atoms with Gasteiger partial charge in [-0.2, -0.15) is 8.42 Å². The zero-order valence-corrected chi connectivity index (χ0v) is 17.8. The molecule has 0 saturated carbocycles. The standard InChI is InChI=1S/C22H17NO4.H2O4S/c1-23(2)13-7-9-17-19(11-13)27-20-12-14(24)8-10-18(20)21(17)15-5-3-4-6-16(15)22(25)26;1-5(2,3)4/h3-12H,1-2H3,(H,25,26);(H2,1,2,3,4). The molecule has 1 aliphatic heterocycles. The highest BCUT2D eigenvalue weighted by Gasteiger charge is 2.21. The molecule has 32 heavy (non-hydrogen) atoms. The smallest absolute Gasteiger partial charge is 0.394 e. The third-order valence-corrected chi connectivity index (χ3v) is 4.62. The summed E-state index contributed by atoms with van der Waals surface area (Å²) in [6.07, 6.45) is 0. The van der Waals surface area contributed by atoms with E-state index in [2.05, 4.69) is 0 Å². The zero-order chi connectivity index (χ0) is 23.6. The summed E-state index contributed by atoms with van der Waals surface area (Å²) in [6.45, 7) is 0. The van der Waals surface area contributed by atoms with Crippen molar-refractivity contribution in [1.29, 1.82) is 0 Å². The third kappa shape index (κ3) is 5.11. The number of benzene rings is 3. The lowest BCUT2D eigenvalue weighted by atomic mass is 9.91. The molecular weight excluding hydrogens is 438 g/mol. The summed E-state index contributed by atoms with van der Waals surface area (Å²) in [5, 5.41) is 10.4. The van der Waals surface area contributed by atoms with Gasteiger partial charge >= 0.3 is 16.4 Å². The molecule has 0 aromatic heterocycles. The Kier molecular flexibility index (Phi) is 6.30. The molecule has 2 aromatic carbocycles. The van der Waals surface area contributed by atoms with Crippen molar-refractivity contribution in [3.63, 3.8) is 0 Å². The summed E-state index contributed by atoms with van der Waals surface area (Å²) in [5.74, 6) is -0.570. The molecule has 0 bridgehead atoms. The lowest BCUT2D eigenvalue weighted by Gasteiger charge is -2.18. The van der Waals surface area contributed by atoms with Gasteiger partial charge < -0.3 is 14.4 Å². The second kappa shape index (κ2) is 8.79. The third-order valence-electron chi connectivity index (χ3n) is 4.62. The highest BCUT2D eigenvalue weighted by Crippen LogP contribution is 2.41. The molecule has 10 heteroatoms. The maximum absolute atomic E-state index is 11.9. The first-order valence-corrected chi connectivity index (χ1v) is 10.6. The zero-order valence-electron chi connectivity index (χ0n) is 17.0. The summed E-state index contributed by atoms with van der Waals surface area (Å²) >= 11 is 0. The maximum atomic E-state index is 11.9. The quantitative estimate of drug-likeness (QED) is 0.310. The topological polar surface area (TPSA) is 145 Å². The van der Waals surface area contributed by atoms with E-state index in [1.165, 1.54) is 12.1 Å². The summed E-state index contributed by atoms with van der Waals surface area (Å²) in [5.41, 5.74) is 3.62. The number of carbonyl (C=O) groups is 1. The number of carboxylic acid groups (broad SMARTS) is 1. The molecule has 1 heterocycles. The lowest BCUT2D eigenvalue weighted by Crippen LogP contribution is -2.08. The van der Waals surface area contributed by atoms with Crippen LogP contribution in [-0.4, -0.2) is 42.7 Å². The van der Waals surface area contributed by atoms with Gasteiger partial charge in [-0.05, 0) is 35.9 Å². The number of anilines is 1. The van der Waals surface area contributed by atoms with Gasteiger partial charge in [0.1, 0.15) is 11.3 Å². The summed E-state index contributed by atoms with van der Waals surface area (Å²) in [4.78, 5) is 25.6. The van der Waals surface area contributed by atoms with Crippen LogP contribution in [0.15, 0.2) is 69.9 Å². The van der Waals surface area contributed by atoms with Crippen LogP contribution in [0.3, 0.4) is 0 Å². The van der Waals surface area contributed by atoms with Crippen molar-refractivity contribution in [1.82, 2.24) is 0 Å². The highest BCUT2D eigenvalue weighted by molar-refractivity contribution is 7.79. The van der Waals surface area contributed by atoms with Crippen molar-refractivity contribution < 1.29 is 31.8 Å². The molecule has 2 aromatic rings. The van der Waals surface area contributed by atoms with E-state index in [4.69, 9.17) is 21.9 Å². The molecule has 3 N–H and O–H groups in total. The van der Waals surface area contributed by atoms with E-state index in [9.17, 15) is 14.7 Å². The average molecular weight is 457 g/mol. The number of carboxylic acids is 1. The Balaban J connectivity index is 0.000000523. The highest BCUT2D eigenvalue weighted by atomic mass is 32.3. The van der Waals surface area contributed by atoms with Gasteiger partial charge in [-0.25, -0.2) is 4.79 Å². The van der Waals surface area contributed by atoms with Crippen LogP contribution in [0.25, 0.3) is 33.4 Å². The average Bonchev–Trinajstić information content (AvgIpc) is 2.70. The number of fused-ring (bicyclic) bond motifs is 2. The van der Waals surface area contributed by atoms with Gasteiger partial charge in [-0.1, -0.05) is 18.2 Å². The molecule has 0 spiro atoms. The Morgan fingerprint density at radius 3 is 2.22 bits per heavy atom. The normalized spacial score (nSPS) is 11.1. The first kappa shape index (κ1) is 22.9. The number of nitrogens with zero attached hydrogens (tertiary/aromatic N) is 1. The van der Waals surface area contributed by atoms with E-state index in [1.807, 2.05) is 37.2 Å². The molecular formula is C22H19NO8S. The van der Waals surface area contributed by atoms with Gasteiger partial charge in [0.2, 0.25) is 0 Å². The number of hydrogen-bond acceptors (Lipinski definition) is 6. The van der Waals surface area contributed by atoms with Crippen LogP contribution in [0, 0.1) is 0 Å². The fraction of sp³-hybridized carbons (Fsp3) is 0.0909. The first-order chi connectivity index (χ1) is 15.0. The van der Waals surface area contributed by atoms with Gasteiger partial charge in [-0.3, -0.25) is 13.9 Å². The first-order valence-electron chi connectivity index (χ1n) is 9.16. The van der Waals surface area contributed by atoms with Crippen molar-refractivity contribution in [3.8, 4) is 22.5 Å². The van der Waals surface area contributed by atoms with Crippen LogP contribution in [0.1, 0.15) is 10.4 Å². The molecule has 2 aliphatic rings. The van der Waals surface area contributed by atoms with Gasteiger partial charge in [0.05, 0.1) is 5.56 Å². The molecule has 0 fully saturated rings. The summed E-state index contributed by atoms with van der Waals surface area (Å²) in [7, 11) is -0.808. The SMILES string of the molecule is CN(C)c1ccc2c(-c3ccccc3C(=O)O)c3ccc(=O)cc-3oc2c1.O=S(=O)(O)O. The van der Waals surface area contributed by atoms with Crippen LogP contribution >= 0.6 is 0 Å². The summed E-state index contributed by atoms with van der Waals surface area (Å²) in [6, 6.07) is 17.2. The van der Waals surface area contributed by atoms with Crippen molar-refractivity contribution in [2.75, 3.05) is 19.0 Å². The van der Waals surface area contributed by atoms with Crippen LogP contribution in [0.4, 0.5) is 5.69 Å². The predicted molar refractivity (Wildman–Crippen MR) is 120 cm³/mol. The molecule has 0 atom stereocenters. The fourth-order valence-corrected chi connectivity index (χ4v) is 3.32. The van der Waals surface area contributed by atoms with Gasteiger partial charge in [-0.15, -0.1) is 0 Å². The molecule has 166 valence electrons. The lowest BCUT2D eigenvalue weighted by molar-refractivity contribution is 0.0697. The maximum Gasteiger partial charge on any atom is 0.394 e. The molecule has 0 amide bonds. The molecule has 0 radical (unpaired) electrons. The van der Waals surface area contributed by atoms with Crippen LogP contribution in [0.5, 0.6) is 0 Å². The van der Waals surface area contributed by atoms with E-state index in [0.29, 0.717) is 22.5 Å². The summed E-state index contributed by atoms with van der Waals surface area (Å²) < 4.78 is 37.6. The Labute approximate surface area is 183 Å². The van der Waals surface area contributed by atoms with E-state index in [1.54, 1.807) is 30.3 Å². The minimum Gasteiger partial charge on any atom is -0.478 e. The second-order valence-electron chi connectivity index (χ2n) is 7.01. The van der Waals surface area contributed by atoms with Gasteiger partial charge in [0, 0.05) is 48.4 Å². The van der Waals surface area contributed by atoms with Crippen LogP contribution in [-0.2, 0) is 10.4 Å². The fourth-order valence-electron chi connectivity index (χ4n) is 3.32. The van der Waals surface area contributed by atoms with Crippen molar-refractivity contribution in [3.05, 3.63) is 76.5 Å². The van der Waals surface area contributed by atoms with E-state index in [0.717, 1.165) is 16.6 Å². The molecule has 0 saturated heterocycles. The largest absolute Gasteiger partial charge is 0.478 e. The van der Waals surface area contributed by atoms with Crippen LogP contribution < -0.4 is 10.3 Å². The number of aromatic carboxylic acids is 1. The Hall–Kier alpha value is -3.73. The predicted octanol–water partition coefficient (Wildman–Crippen LogP) is 3.68. The minimum absolute atomic E-state index is 0.160. The monoisotopic (exact) mass is 457 g/mol. The Bertz CT molecular complexity index is 1430. The van der Waals surface area contributed by atoms with Crippen molar-refractivity contribution in [2.45, 2.75) is 0 Å². The molecule has 4 rings (SSSR count). The second-order valence-corrected chi connectivity index (χ2v) is 7.90. The molecule has 1 aliphatic carbocycles. The van der Waals surface area contributed by atoms with Crippen LogP contribution in [0.2, 0.25) is 0 Å². The molecule has 0 unspecified atom stereocenters. The van der Waals surface area contributed by atoms with E-state index in [-0.39, 0.29) is 11.0 Å². The van der Waals surface area contributed by atoms with E-state index >= 15 is 0 Å². The van der Waals surface area contributed by atoms with E-state index < -0.39 is 16.4 Å². The van der Waals surface area contributed by atoms with Gasteiger partial charge in [0.15, 0.2) is 5.43 Å². The van der Waals surface area contributed by atoms with Gasteiger partial charge in [0.25, 0.3) is 0 Å². The molecule has 9 nitrogen and oxygen atoms in total. The number of hydrogen-bond donors (Lipinski definition) is 3. The van der Waals surface area contributed by atoms with Crippen molar-refractivity contribution in [2.24, 2.45) is 0 Å². The Morgan fingerprint density at radius 2 is 1.59 bits per heavy atom. The Morgan fingerprint density at radius 1 is 0.938 bits per heavy atom. The van der Waals surface area contributed by atoms with Crippen molar-refractivity contribution >= 4 is 33.0 Å².